The van der Waals surface area contributed by atoms with E-state index < -0.39 is 0 Å². The first-order valence-corrected chi connectivity index (χ1v) is 4.77. The van der Waals surface area contributed by atoms with E-state index in [4.69, 9.17) is 4.74 Å². The third kappa shape index (κ3) is 2.46. The van der Waals surface area contributed by atoms with Gasteiger partial charge in [0.1, 0.15) is 0 Å². The van der Waals surface area contributed by atoms with E-state index >= 15 is 0 Å². The number of hydrogen-bond acceptors (Lipinski definition) is 2. The second-order valence-corrected chi connectivity index (χ2v) is 3.73. The molecule has 0 amide bonds. The van der Waals surface area contributed by atoms with Crippen molar-refractivity contribution in [1.29, 1.82) is 0 Å². The maximum atomic E-state index is 5.66. The quantitative estimate of drug-likeness (QED) is 0.660. The molecule has 11 heavy (non-hydrogen) atoms. The van der Waals surface area contributed by atoms with Crippen molar-refractivity contribution in [3.63, 3.8) is 0 Å². The normalized spacial score (nSPS) is 27.3. The first-order valence-electron chi connectivity index (χ1n) is 4.77. The maximum Gasteiger partial charge on any atom is 0.0577 e. The fourth-order valence-electron chi connectivity index (χ4n) is 1.56. The van der Waals surface area contributed by atoms with Gasteiger partial charge in [-0.25, -0.2) is 0 Å². The summed E-state index contributed by atoms with van der Waals surface area (Å²) in [6, 6.07) is 0. The number of hydrogen-bond donors (Lipinski definition) is 1. The molecule has 0 aromatic rings. The second-order valence-electron chi connectivity index (χ2n) is 3.73. The zero-order valence-electron chi connectivity index (χ0n) is 7.01. The zero-order chi connectivity index (χ0) is 7.52. The standard InChI is InChI=1S/C9H17NO/c1-2-9(1)11-7-8-3-5-10-6-4-8/h8-10H,1-7H2. The van der Waals surface area contributed by atoms with E-state index in [2.05, 4.69) is 5.32 Å². The molecular formula is C9H17NO. The fraction of sp³-hybridized carbons (Fsp3) is 1.00. The molecule has 0 aromatic heterocycles. The zero-order valence-corrected chi connectivity index (χ0v) is 7.01. The topological polar surface area (TPSA) is 21.3 Å². The lowest BCUT2D eigenvalue weighted by molar-refractivity contribution is 0.0756. The van der Waals surface area contributed by atoms with Crippen LogP contribution in [0.25, 0.3) is 0 Å². The van der Waals surface area contributed by atoms with Crippen LogP contribution >= 0.6 is 0 Å². The van der Waals surface area contributed by atoms with Gasteiger partial charge in [0.15, 0.2) is 0 Å². The van der Waals surface area contributed by atoms with Gasteiger partial charge in [-0.3, -0.25) is 0 Å². The molecule has 1 aliphatic carbocycles. The molecule has 1 aliphatic heterocycles. The van der Waals surface area contributed by atoms with Crippen LogP contribution in [0.1, 0.15) is 25.7 Å². The predicted molar refractivity (Wildman–Crippen MR) is 44.6 cm³/mol. The SMILES string of the molecule is C1CC(COC2CC2)CCN1. The molecule has 2 aliphatic rings. The molecule has 0 atom stereocenters. The van der Waals surface area contributed by atoms with Gasteiger partial charge < -0.3 is 10.1 Å². The lowest BCUT2D eigenvalue weighted by atomic mass is 9.99. The summed E-state index contributed by atoms with van der Waals surface area (Å²) in [5.41, 5.74) is 0. The summed E-state index contributed by atoms with van der Waals surface area (Å²) < 4.78 is 5.66. The number of nitrogens with one attached hydrogen (secondary N) is 1. The Kier molecular flexibility index (Phi) is 2.44. The van der Waals surface area contributed by atoms with Gasteiger partial charge in [0.05, 0.1) is 6.10 Å². The minimum atomic E-state index is 0.643. The van der Waals surface area contributed by atoms with Gasteiger partial charge in [0.25, 0.3) is 0 Å². The molecule has 1 N–H and O–H groups in total. The van der Waals surface area contributed by atoms with Crippen molar-refractivity contribution in [3.05, 3.63) is 0 Å². The number of piperidine rings is 1. The largest absolute Gasteiger partial charge is 0.378 e. The van der Waals surface area contributed by atoms with E-state index in [9.17, 15) is 0 Å². The van der Waals surface area contributed by atoms with Crippen molar-refractivity contribution >= 4 is 0 Å². The molecule has 0 radical (unpaired) electrons. The lowest BCUT2D eigenvalue weighted by Crippen LogP contribution is -2.30. The Labute approximate surface area is 68.3 Å². The summed E-state index contributed by atoms with van der Waals surface area (Å²) in [6.45, 7) is 3.41. The van der Waals surface area contributed by atoms with Crippen LogP contribution in [-0.2, 0) is 4.74 Å². The number of ether oxygens (including phenoxy) is 1. The van der Waals surface area contributed by atoms with E-state index in [-0.39, 0.29) is 0 Å². The Morgan fingerprint density at radius 3 is 2.45 bits per heavy atom. The van der Waals surface area contributed by atoms with E-state index in [0.29, 0.717) is 6.10 Å². The first kappa shape index (κ1) is 7.56. The minimum Gasteiger partial charge on any atom is -0.378 e. The van der Waals surface area contributed by atoms with Gasteiger partial charge in [0.2, 0.25) is 0 Å². The van der Waals surface area contributed by atoms with Crippen LogP contribution in [0.5, 0.6) is 0 Å². The van der Waals surface area contributed by atoms with Crippen molar-refractivity contribution in [2.45, 2.75) is 31.8 Å². The Hall–Kier alpha value is -0.0800. The summed E-state index contributed by atoms with van der Waals surface area (Å²) in [5.74, 6) is 0.844. The van der Waals surface area contributed by atoms with Gasteiger partial charge >= 0.3 is 0 Å². The minimum absolute atomic E-state index is 0.643. The fourth-order valence-corrected chi connectivity index (χ4v) is 1.56. The Bertz CT molecular complexity index is 117. The summed E-state index contributed by atoms with van der Waals surface area (Å²) in [4.78, 5) is 0. The average Bonchev–Trinajstić information content (AvgIpc) is 2.86. The molecule has 0 aromatic carbocycles. The van der Waals surface area contributed by atoms with Crippen molar-refractivity contribution in [3.8, 4) is 0 Å². The molecule has 2 heteroatoms. The van der Waals surface area contributed by atoms with E-state index in [1.165, 1.54) is 38.8 Å². The molecule has 64 valence electrons. The molecule has 0 spiro atoms. The van der Waals surface area contributed by atoms with Gasteiger partial charge in [-0.1, -0.05) is 0 Å². The molecule has 1 heterocycles. The number of rotatable bonds is 3. The van der Waals surface area contributed by atoms with E-state index in [1.807, 2.05) is 0 Å². The first-order chi connectivity index (χ1) is 5.45. The smallest absolute Gasteiger partial charge is 0.0577 e. The second kappa shape index (κ2) is 3.55. The lowest BCUT2D eigenvalue weighted by Gasteiger charge is -2.22. The summed E-state index contributed by atoms with van der Waals surface area (Å²) in [6.07, 6.45) is 5.89. The molecular weight excluding hydrogens is 138 g/mol. The molecule has 2 nitrogen and oxygen atoms in total. The van der Waals surface area contributed by atoms with Crippen LogP contribution in [-0.4, -0.2) is 25.8 Å². The van der Waals surface area contributed by atoms with Crippen molar-refractivity contribution in [2.24, 2.45) is 5.92 Å². The van der Waals surface area contributed by atoms with Gasteiger partial charge in [-0.05, 0) is 44.7 Å². The third-order valence-electron chi connectivity index (χ3n) is 2.55. The highest BCUT2D eigenvalue weighted by Crippen LogP contribution is 2.25. The molecule has 0 unspecified atom stereocenters. The molecule has 0 bridgehead atoms. The van der Waals surface area contributed by atoms with Crippen LogP contribution in [0.3, 0.4) is 0 Å². The van der Waals surface area contributed by atoms with Crippen LogP contribution in [0, 0.1) is 5.92 Å². The Morgan fingerprint density at radius 2 is 1.82 bits per heavy atom. The van der Waals surface area contributed by atoms with Crippen molar-refractivity contribution in [1.82, 2.24) is 5.32 Å². The van der Waals surface area contributed by atoms with Crippen LogP contribution < -0.4 is 5.32 Å². The van der Waals surface area contributed by atoms with E-state index in [1.54, 1.807) is 0 Å². The Morgan fingerprint density at radius 1 is 1.09 bits per heavy atom. The summed E-state index contributed by atoms with van der Waals surface area (Å²) >= 11 is 0. The van der Waals surface area contributed by atoms with Crippen molar-refractivity contribution < 1.29 is 4.74 Å². The van der Waals surface area contributed by atoms with Crippen LogP contribution in [0.2, 0.25) is 0 Å². The van der Waals surface area contributed by atoms with Gasteiger partial charge in [-0.2, -0.15) is 0 Å². The molecule has 1 saturated carbocycles. The molecule has 2 rings (SSSR count). The van der Waals surface area contributed by atoms with Crippen LogP contribution in [0.15, 0.2) is 0 Å². The van der Waals surface area contributed by atoms with Crippen molar-refractivity contribution in [2.75, 3.05) is 19.7 Å². The Balaban J connectivity index is 1.59. The predicted octanol–water partition coefficient (Wildman–Crippen LogP) is 1.17. The molecule has 2 fully saturated rings. The average molecular weight is 155 g/mol. The molecule has 1 saturated heterocycles. The highest BCUT2D eigenvalue weighted by atomic mass is 16.5. The van der Waals surface area contributed by atoms with Crippen LogP contribution in [0.4, 0.5) is 0 Å². The highest BCUT2D eigenvalue weighted by Gasteiger charge is 2.23. The summed E-state index contributed by atoms with van der Waals surface area (Å²) in [7, 11) is 0. The van der Waals surface area contributed by atoms with Gasteiger partial charge in [0, 0.05) is 6.61 Å². The van der Waals surface area contributed by atoms with E-state index in [0.717, 1.165) is 12.5 Å². The summed E-state index contributed by atoms with van der Waals surface area (Å²) in [5, 5.41) is 3.36. The monoisotopic (exact) mass is 155 g/mol. The highest BCUT2D eigenvalue weighted by molar-refractivity contribution is 4.75. The maximum absolute atomic E-state index is 5.66. The third-order valence-corrected chi connectivity index (χ3v) is 2.55. The van der Waals surface area contributed by atoms with Gasteiger partial charge in [-0.15, -0.1) is 0 Å².